The fraction of sp³-hybridized carbons (Fsp3) is 0.179. The van der Waals surface area contributed by atoms with E-state index in [1.165, 1.54) is 12.0 Å². The van der Waals surface area contributed by atoms with Gasteiger partial charge >= 0.3 is 5.97 Å². The van der Waals surface area contributed by atoms with E-state index in [0.29, 0.717) is 25.4 Å². The van der Waals surface area contributed by atoms with Gasteiger partial charge in [0.25, 0.3) is 11.1 Å². The highest BCUT2D eigenvalue weighted by atomic mass is 127. The number of rotatable bonds is 8. The average molecular weight is 629 g/mol. The van der Waals surface area contributed by atoms with E-state index < -0.39 is 5.97 Å². The van der Waals surface area contributed by atoms with Gasteiger partial charge in [0.1, 0.15) is 12.4 Å². The fourth-order valence-electron chi connectivity index (χ4n) is 3.60. The van der Waals surface area contributed by atoms with Crippen molar-refractivity contribution in [2.75, 3.05) is 20.3 Å². The first-order chi connectivity index (χ1) is 17.8. The third-order valence-electron chi connectivity index (χ3n) is 5.54. The van der Waals surface area contributed by atoms with Gasteiger partial charge in [0.2, 0.25) is 0 Å². The second kappa shape index (κ2) is 11.8. The number of halogens is 1. The first kappa shape index (κ1) is 26.7. The van der Waals surface area contributed by atoms with Crippen LogP contribution in [-0.2, 0) is 4.79 Å². The molecule has 0 aliphatic carbocycles. The molecule has 3 aromatic carbocycles. The maximum absolute atomic E-state index is 13.0. The molecule has 4 rings (SSSR count). The van der Waals surface area contributed by atoms with Gasteiger partial charge in [0.05, 0.1) is 27.7 Å². The van der Waals surface area contributed by atoms with Crippen molar-refractivity contribution in [3.05, 3.63) is 91.4 Å². The molecule has 9 heteroatoms. The molecular formula is C28H24INO6S. The smallest absolute Gasteiger partial charge is 0.343 e. The summed E-state index contributed by atoms with van der Waals surface area (Å²) in [6.45, 7) is 4.26. The van der Waals surface area contributed by atoms with Crippen LogP contribution < -0.4 is 14.2 Å². The Balaban J connectivity index is 1.47. The lowest BCUT2D eigenvalue weighted by atomic mass is 10.1. The Hall–Kier alpha value is -3.31. The van der Waals surface area contributed by atoms with E-state index in [-0.39, 0.29) is 30.0 Å². The van der Waals surface area contributed by atoms with Crippen LogP contribution in [0.4, 0.5) is 4.79 Å². The van der Waals surface area contributed by atoms with Crippen LogP contribution in [0, 0.1) is 17.4 Å². The third kappa shape index (κ3) is 6.34. The van der Waals surface area contributed by atoms with Crippen molar-refractivity contribution >= 4 is 57.5 Å². The van der Waals surface area contributed by atoms with Crippen LogP contribution in [0.2, 0.25) is 0 Å². The van der Waals surface area contributed by atoms with Crippen LogP contribution in [0.25, 0.3) is 6.08 Å². The Bertz CT molecular complexity index is 1390. The number of nitrogens with zero attached hydrogens (tertiary/aromatic N) is 1. The van der Waals surface area contributed by atoms with Gasteiger partial charge in [-0.2, -0.15) is 0 Å². The number of carbonyl (C=O) groups excluding carboxylic acids is 3. The molecular weight excluding hydrogens is 605 g/mol. The van der Waals surface area contributed by atoms with Crippen molar-refractivity contribution in [2.45, 2.75) is 13.8 Å². The summed E-state index contributed by atoms with van der Waals surface area (Å²) in [6.07, 6.45) is 1.63. The maximum atomic E-state index is 13.0. The first-order valence-electron chi connectivity index (χ1n) is 11.4. The SMILES string of the molecule is COc1cc(/C=C2\SC(=O)N(CCOc3cc(C)ccc3C)C2=O)cc(I)c1OC(=O)c1ccccc1. The molecule has 0 radical (unpaired) electrons. The molecule has 1 aliphatic rings. The molecule has 37 heavy (non-hydrogen) atoms. The summed E-state index contributed by atoms with van der Waals surface area (Å²) >= 11 is 2.92. The molecule has 1 heterocycles. The van der Waals surface area contributed by atoms with Crippen molar-refractivity contribution in [3.63, 3.8) is 0 Å². The largest absolute Gasteiger partial charge is 0.493 e. The number of aryl methyl sites for hydroxylation is 2. The minimum Gasteiger partial charge on any atom is -0.493 e. The summed E-state index contributed by atoms with van der Waals surface area (Å²) in [4.78, 5) is 39.5. The average Bonchev–Trinajstić information content (AvgIpc) is 3.15. The van der Waals surface area contributed by atoms with Gasteiger partial charge in [-0.3, -0.25) is 14.5 Å². The van der Waals surface area contributed by atoms with Crippen molar-refractivity contribution in [2.24, 2.45) is 0 Å². The highest BCUT2D eigenvalue weighted by Crippen LogP contribution is 2.37. The van der Waals surface area contributed by atoms with Crippen molar-refractivity contribution in [3.8, 4) is 17.2 Å². The molecule has 0 saturated carbocycles. The van der Waals surface area contributed by atoms with Crippen LogP contribution >= 0.6 is 34.4 Å². The van der Waals surface area contributed by atoms with Crippen LogP contribution in [0.5, 0.6) is 17.2 Å². The summed E-state index contributed by atoms with van der Waals surface area (Å²) < 4.78 is 17.5. The quantitative estimate of drug-likeness (QED) is 0.126. The topological polar surface area (TPSA) is 82.1 Å². The zero-order chi connectivity index (χ0) is 26.5. The van der Waals surface area contributed by atoms with Crippen LogP contribution in [0.1, 0.15) is 27.0 Å². The molecule has 1 saturated heterocycles. The molecule has 0 N–H and O–H groups in total. The Morgan fingerprint density at radius 1 is 1.03 bits per heavy atom. The molecule has 190 valence electrons. The number of hydrogen-bond donors (Lipinski definition) is 0. The van der Waals surface area contributed by atoms with Gasteiger partial charge in [-0.1, -0.05) is 30.3 Å². The van der Waals surface area contributed by atoms with Crippen LogP contribution in [0.3, 0.4) is 0 Å². The van der Waals surface area contributed by atoms with Crippen molar-refractivity contribution < 1.29 is 28.6 Å². The lowest BCUT2D eigenvalue weighted by molar-refractivity contribution is -0.123. The predicted octanol–water partition coefficient (Wildman–Crippen LogP) is 6.25. The summed E-state index contributed by atoms with van der Waals surface area (Å²) in [5, 5.41) is -0.351. The van der Waals surface area contributed by atoms with Crippen molar-refractivity contribution in [1.82, 2.24) is 4.90 Å². The molecule has 0 spiro atoms. The predicted molar refractivity (Wildman–Crippen MR) is 151 cm³/mol. The summed E-state index contributed by atoms with van der Waals surface area (Å²) in [7, 11) is 1.47. The van der Waals surface area contributed by atoms with E-state index in [0.717, 1.165) is 28.6 Å². The molecule has 0 atom stereocenters. The molecule has 0 unspecified atom stereocenters. The highest BCUT2D eigenvalue weighted by Gasteiger charge is 2.35. The molecule has 3 aromatic rings. The zero-order valence-corrected chi connectivity index (χ0v) is 23.4. The Kier molecular flexibility index (Phi) is 8.55. The molecule has 7 nitrogen and oxygen atoms in total. The minimum atomic E-state index is -0.506. The van der Waals surface area contributed by atoms with Gasteiger partial charge in [-0.25, -0.2) is 4.79 Å². The monoisotopic (exact) mass is 629 g/mol. The first-order valence-corrected chi connectivity index (χ1v) is 13.3. The number of methoxy groups -OCH3 is 1. The molecule has 0 aromatic heterocycles. The number of benzene rings is 3. The summed E-state index contributed by atoms with van der Waals surface area (Å²) in [6, 6.07) is 18.0. The van der Waals surface area contributed by atoms with Crippen LogP contribution in [0.15, 0.2) is 65.6 Å². The van der Waals surface area contributed by atoms with E-state index in [2.05, 4.69) is 0 Å². The van der Waals surface area contributed by atoms with Gasteiger partial charge in [-0.15, -0.1) is 0 Å². The zero-order valence-electron chi connectivity index (χ0n) is 20.4. The van der Waals surface area contributed by atoms with Gasteiger partial charge in [0.15, 0.2) is 11.5 Å². The number of ether oxygens (including phenoxy) is 3. The summed E-state index contributed by atoms with van der Waals surface area (Å²) in [5.41, 5.74) is 3.11. The third-order valence-corrected chi connectivity index (χ3v) is 7.25. The lowest BCUT2D eigenvalue weighted by Crippen LogP contribution is -2.32. The van der Waals surface area contributed by atoms with Crippen molar-refractivity contribution in [1.29, 1.82) is 0 Å². The van der Waals surface area contributed by atoms with Gasteiger partial charge in [0, 0.05) is 0 Å². The Morgan fingerprint density at radius 3 is 2.51 bits per heavy atom. The number of hydrogen-bond acceptors (Lipinski definition) is 7. The highest BCUT2D eigenvalue weighted by molar-refractivity contribution is 14.1. The number of amides is 2. The van der Waals surface area contributed by atoms with E-state index in [9.17, 15) is 14.4 Å². The van der Waals surface area contributed by atoms with E-state index >= 15 is 0 Å². The van der Waals surface area contributed by atoms with Gasteiger partial charge < -0.3 is 14.2 Å². The normalized spacial score (nSPS) is 14.3. The molecule has 1 fully saturated rings. The van der Waals surface area contributed by atoms with Crippen LogP contribution in [-0.4, -0.2) is 42.3 Å². The maximum Gasteiger partial charge on any atom is 0.343 e. The lowest BCUT2D eigenvalue weighted by Gasteiger charge is -2.15. The van der Waals surface area contributed by atoms with E-state index in [4.69, 9.17) is 14.2 Å². The molecule has 2 amide bonds. The minimum absolute atomic E-state index is 0.143. The second-order valence-corrected chi connectivity index (χ2v) is 10.4. The van der Waals surface area contributed by atoms with E-state index in [1.54, 1.807) is 42.5 Å². The Labute approximate surface area is 232 Å². The molecule has 0 bridgehead atoms. The number of imide groups is 1. The number of carbonyl (C=O) groups is 3. The standard InChI is InChI=1S/C28H24INO6S/c1-17-9-10-18(2)22(13-17)35-12-11-30-26(31)24(37-28(30)33)16-19-14-21(29)25(23(15-19)34-3)36-27(32)20-7-5-4-6-8-20/h4-10,13-16H,11-12H2,1-3H3/b24-16-. The summed E-state index contributed by atoms with van der Waals surface area (Å²) in [5.74, 6) is 0.466. The van der Waals surface area contributed by atoms with Gasteiger partial charge in [-0.05, 0) is 101 Å². The second-order valence-electron chi connectivity index (χ2n) is 8.24. The molecule has 1 aliphatic heterocycles. The van der Waals surface area contributed by atoms with E-state index in [1.807, 2.05) is 60.7 Å². The Morgan fingerprint density at radius 2 is 1.78 bits per heavy atom. The number of thioether (sulfide) groups is 1. The number of esters is 1. The fourth-order valence-corrected chi connectivity index (χ4v) is 5.20.